The highest BCUT2D eigenvalue weighted by Crippen LogP contribution is 2.26. The number of hydrogen-bond donors (Lipinski definition) is 0. The lowest BCUT2D eigenvalue weighted by molar-refractivity contribution is 0.243. The van der Waals surface area contributed by atoms with Crippen molar-refractivity contribution in [2.75, 3.05) is 13.2 Å². The summed E-state index contributed by atoms with van der Waals surface area (Å²) < 4.78 is 38.3. The maximum absolute atomic E-state index is 13.4. The molecule has 0 heterocycles. The highest BCUT2D eigenvalue weighted by atomic mass is 19.1. The van der Waals surface area contributed by atoms with Crippen LogP contribution in [0, 0.1) is 32.4 Å². The summed E-state index contributed by atoms with van der Waals surface area (Å²) in [5.74, 6) is 0.999. The van der Waals surface area contributed by atoms with E-state index in [9.17, 15) is 8.78 Å². The molecule has 0 atom stereocenters. The summed E-state index contributed by atoms with van der Waals surface area (Å²) in [4.78, 5) is 0. The predicted molar refractivity (Wildman–Crippen MR) is 92.0 cm³/mol. The molecule has 4 heteroatoms. The van der Waals surface area contributed by atoms with Crippen molar-refractivity contribution in [3.63, 3.8) is 0 Å². The Hall–Kier alpha value is -2.10. The molecule has 24 heavy (non-hydrogen) atoms. The third-order valence-corrected chi connectivity index (χ3v) is 3.90. The molecule has 0 aliphatic heterocycles. The normalized spacial score (nSPS) is 10.8. The van der Waals surface area contributed by atoms with Crippen molar-refractivity contribution >= 4 is 0 Å². The van der Waals surface area contributed by atoms with Crippen LogP contribution >= 0.6 is 0 Å². The third kappa shape index (κ3) is 4.47. The van der Waals surface area contributed by atoms with Gasteiger partial charge in [0.05, 0.1) is 13.2 Å². The van der Waals surface area contributed by atoms with Gasteiger partial charge in [0.25, 0.3) is 0 Å². The van der Waals surface area contributed by atoms with Crippen LogP contribution < -0.4 is 9.47 Å². The molecule has 0 aromatic heterocycles. The second-order valence-corrected chi connectivity index (χ2v) is 5.98. The van der Waals surface area contributed by atoms with Gasteiger partial charge in [-0.15, -0.1) is 0 Å². The lowest BCUT2D eigenvalue weighted by Gasteiger charge is -2.15. The summed E-state index contributed by atoms with van der Waals surface area (Å²) in [7, 11) is 0. The van der Waals surface area contributed by atoms with Gasteiger partial charge in [-0.3, -0.25) is 0 Å². The molecule has 0 aliphatic rings. The van der Waals surface area contributed by atoms with E-state index in [0.29, 0.717) is 19.6 Å². The molecule has 2 aromatic carbocycles. The zero-order chi connectivity index (χ0) is 17.7. The first-order valence-corrected chi connectivity index (χ1v) is 8.23. The van der Waals surface area contributed by atoms with Crippen molar-refractivity contribution in [1.29, 1.82) is 0 Å². The molecule has 0 fully saturated rings. The van der Waals surface area contributed by atoms with E-state index in [1.807, 2.05) is 27.7 Å². The van der Waals surface area contributed by atoms with Crippen molar-refractivity contribution in [3.05, 3.63) is 58.2 Å². The van der Waals surface area contributed by atoms with Crippen LogP contribution in [0.1, 0.15) is 35.6 Å². The monoisotopic (exact) mass is 334 g/mol. The van der Waals surface area contributed by atoms with Crippen molar-refractivity contribution in [3.8, 4) is 11.5 Å². The molecule has 0 saturated heterocycles. The van der Waals surface area contributed by atoms with Crippen LogP contribution in [0.5, 0.6) is 11.5 Å². The summed E-state index contributed by atoms with van der Waals surface area (Å²) in [6.45, 7) is 8.45. The molecule has 0 unspecified atom stereocenters. The minimum absolute atomic E-state index is 0.234. The molecular weight excluding hydrogens is 310 g/mol. The van der Waals surface area contributed by atoms with Crippen LogP contribution in [0.2, 0.25) is 0 Å². The molecule has 2 nitrogen and oxygen atoms in total. The van der Waals surface area contributed by atoms with Crippen molar-refractivity contribution in [1.82, 2.24) is 0 Å². The van der Waals surface area contributed by atoms with Crippen molar-refractivity contribution in [2.45, 2.75) is 40.5 Å². The first-order chi connectivity index (χ1) is 11.4. The highest BCUT2D eigenvalue weighted by molar-refractivity contribution is 5.41. The smallest absolute Gasteiger partial charge is 0.125 e. The number of hydrogen-bond acceptors (Lipinski definition) is 2. The second-order valence-electron chi connectivity index (χ2n) is 5.98. The van der Waals surface area contributed by atoms with E-state index in [4.69, 9.17) is 9.47 Å². The lowest BCUT2D eigenvalue weighted by Crippen LogP contribution is -2.08. The zero-order valence-corrected chi connectivity index (χ0v) is 14.7. The van der Waals surface area contributed by atoms with Crippen molar-refractivity contribution in [2.24, 2.45) is 0 Å². The Kier molecular flexibility index (Phi) is 6.18. The molecule has 130 valence electrons. The first-order valence-electron chi connectivity index (χ1n) is 8.23. The van der Waals surface area contributed by atoms with Crippen molar-refractivity contribution < 1.29 is 18.3 Å². The molecule has 0 bridgehead atoms. The molecular formula is C20H24F2O2. The van der Waals surface area contributed by atoms with Crippen LogP contribution in [0.25, 0.3) is 0 Å². The van der Waals surface area contributed by atoms with Gasteiger partial charge in [0, 0.05) is 6.42 Å². The fourth-order valence-electron chi connectivity index (χ4n) is 2.80. The van der Waals surface area contributed by atoms with E-state index in [0.717, 1.165) is 40.2 Å². The van der Waals surface area contributed by atoms with Gasteiger partial charge in [-0.2, -0.15) is 0 Å². The molecule has 2 aromatic rings. The fourth-order valence-corrected chi connectivity index (χ4v) is 2.80. The first kappa shape index (κ1) is 18.2. The maximum Gasteiger partial charge on any atom is 0.125 e. The predicted octanol–water partition coefficient (Wildman–Crippen LogP) is 5.30. The molecule has 0 saturated carbocycles. The van der Waals surface area contributed by atoms with Crippen LogP contribution in [0.15, 0.2) is 24.3 Å². The van der Waals surface area contributed by atoms with Crippen LogP contribution in [0.3, 0.4) is 0 Å². The minimum Gasteiger partial charge on any atom is -0.493 e. The number of aryl methyl sites for hydroxylation is 4. The van der Waals surface area contributed by atoms with Gasteiger partial charge in [-0.25, -0.2) is 8.78 Å². The van der Waals surface area contributed by atoms with E-state index < -0.39 is 0 Å². The van der Waals surface area contributed by atoms with E-state index in [-0.39, 0.29) is 11.6 Å². The molecule has 2 rings (SSSR count). The third-order valence-electron chi connectivity index (χ3n) is 3.90. The summed E-state index contributed by atoms with van der Waals surface area (Å²) in [6.07, 6.45) is 1.41. The number of benzene rings is 2. The lowest BCUT2D eigenvalue weighted by atomic mass is 10.1. The number of ether oxygens (including phenoxy) is 2. The molecule has 0 N–H and O–H groups in total. The summed E-state index contributed by atoms with van der Waals surface area (Å²) in [6, 6.07) is 5.93. The molecule has 0 spiro atoms. The van der Waals surface area contributed by atoms with Gasteiger partial charge >= 0.3 is 0 Å². The number of halogens is 2. The molecule has 0 amide bonds. The topological polar surface area (TPSA) is 18.5 Å². The van der Waals surface area contributed by atoms with E-state index in [1.165, 1.54) is 24.3 Å². The summed E-state index contributed by atoms with van der Waals surface area (Å²) >= 11 is 0. The van der Waals surface area contributed by atoms with Gasteiger partial charge in [0.1, 0.15) is 23.1 Å². The van der Waals surface area contributed by atoms with Gasteiger partial charge in [0.15, 0.2) is 0 Å². The fraction of sp³-hybridized carbons (Fsp3) is 0.400. The maximum atomic E-state index is 13.4. The second kappa shape index (κ2) is 8.13. The Morgan fingerprint density at radius 2 is 1.21 bits per heavy atom. The van der Waals surface area contributed by atoms with Crippen LogP contribution in [0.4, 0.5) is 8.78 Å². The highest BCUT2D eigenvalue weighted by Gasteiger charge is 2.09. The SMILES string of the molecule is CCc1cc(F)cc(C)c1OCCCOc1c(C)cc(F)cc1C. The van der Waals surface area contributed by atoms with Gasteiger partial charge < -0.3 is 9.47 Å². The average molecular weight is 334 g/mol. The van der Waals surface area contributed by atoms with Crippen LogP contribution in [-0.4, -0.2) is 13.2 Å². The number of rotatable bonds is 7. The average Bonchev–Trinajstić information content (AvgIpc) is 2.50. The van der Waals surface area contributed by atoms with Gasteiger partial charge in [-0.05, 0) is 73.7 Å². The Balaban J connectivity index is 1.88. The Labute approximate surface area is 142 Å². The van der Waals surface area contributed by atoms with E-state index in [2.05, 4.69) is 0 Å². The molecule has 0 aliphatic carbocycles. The Bertz CT molecular complexity index is 688. The van der Waals surface area contributed by atoms with Gasteiger partial charge in [0.2, 0.25) is 0 Å². The standard InChI is InChI=1S/C20H24F2O2/c1-5-16-12-18(22)11-15(4)20(16)24-8-6-7-23-19-13(2)9-17(21)10-14(19)3/h9-12H,5-8H2,1-4H3. The van der Waals surface area contributed by atoms with Crippen LogP contribution in [-0.2, 0) is 6.42 Å². The van der Waals surface area contributed by atoms with E-state index in [1.54, 1.807) is 0 Å². The zero-order valence-electron chi connectivity index (χ0n) is 14.7. The Morgan fingerprint density at radius 3 is 1.75 bits per heavy atom. The summed E-state index contributed by atoms with van der Waals surface area (Å²) in [5.41, 5.74) is 3.25. The minimum atomic E-state index is -0.250. The van der Waals surface area contributed by atoms with E-state index >= 15 is 0 Å². The quantitative estimate of drug-likeness (QED) is 0.640. The Morgan fingerprint density at radius 1 is 0.750 bits per heavy atom. The summed E-state index contributed by atoms with van der Waals surface area (Å²) in [5, 5.41) is 0. The molecule has 0 radical (unpaired) electrons. The largest absolute Gasteiger partial charge is 0.493 e. The van der Waals surface area contributed by atoms with Gasteiger partial charge in [-0.1, -0.05) is 6.92 Å².